The molecule has 0 radical (unpaired) electrons. The molecule has 15 heavy (non-hydrogen) atoms. The second-order valence-electron chi connectivity index (χ2n) is 4.12. The minimum absolute atomic E-state index is 0.0326. The third-order valence-electron chi connectivity index (χ3n) is 2.81. The van der Waals surface area contributed by atoms with Crippen molar-refractivity contribution in [2.24, 2.45) is 5.92 Å². The van der Waals surface area contributed by atoms with Crippen LogP contribution in [0.5, 0.6) is 0 Å². The number of alkyl halides is 3. The van der Waals surface area contributed by atoms with Gasteiger partial charge in [-0.25, -0.2) is 0 Å². The minimum atomic E-state index is -4.09. The van der Waals surface area contributed by atoms with E-state index in [0.717, 1.165) is 19.3 Å². The largest absolute Gasteiger partial charge is 0.393 e. The quantitative estimate of drug-likeness (QED) is 0.722. The molecule has 0 aromatic heterocycles. The van der Waals surface area contributed by atoms with Crippen LogP contribution in [0.4, 0.5) is 13.2 Å². The molecule has 0 aromatic carbocycles. The van der Waals surface area contributed by atoms with Gasteiger partial charge in [-0.3, -0.25) is 0 Å². The van der Waals surface area contributed by atoms with Crippen molar-refractivity contribution in [2.45, 2.75) is 50.8 Å². The highest BCUT2D eigenvalue weighted by Crippen LogP contribution is 2.27. The van der Waals surface area contributed by atoms with E-state index in [1.54, 1.807) is 0 Å². The number of aliphatic hydroxyl groups is 1. The van der Waals surface area contributed by atoms with Crippen LogP contribution in [0.3, 0.4) is 0 Å². The van der Waals surface area contributed by atoms with Crippen molar-refractivity contribution in [1.29, 1.82) is 0 Å². The summed E-state index contributed by atoms with van der Waals surface area (Å²) in [4.78, 5) is 0. The van der Waals surface area contributed by atoms with E-state index >= 15 is 0 Å². The highest BCUT2D eigenvalue weighted by Gasteiger charge is 2.27. The van der Waals surface area contributed by atoms with Crippen LogP contribution >= 0.6 is 0 Å². The molecule has 88 valence electrons. The van der Waals surface area contributed by atoms with Gasteiger partial charge in [-0.2, -0.15) is 13.2 Å². The van der Waals surface area contributed by atoms with E-state index in [1.165, 1.54) is 0 Å². The fraction of sp³-hybridized carbons (Fsp3) is 0.818. The van der Waals surface area contributed by atoms with Crippen molar-refractivity contribution in [3.8, 4) is 0 Å². The van der Waals surface area contributed by atoms with Gasteiger partial charge in [0.2, 0.25) is 0 Å². The normalized spacial score (nSPS) is 24.1. The van der Waals surface area contributed by atoms with Gasteiger partial charge >= 0.3 is 6.18 Å². The van der Waals surface area contributed by atoms with E-state index in [1.807, 2.05) is 6.08 Å². The Balaban J connectivity index is 2.18. The number of hydrogen-bond acceptors (Lipinski definition) is 1. The lowest BCUT2D eigenvalue weighted by Crippen LogP contribution is -2.22. The van der Waals surface area contributed by atoms with E-state index in [4.69, 9.17) is 0 Å². The van der Waals surface area contributed by atoms with Crippen LogP contribution in [0.15, 0.2) is 12.2 Å². The molecule has 1 aliphatic rings. The zero-order valence-corrected chi connectivity index (χ0v) is 8.63. The van der Waals surface area contributed by atoms with Crippen LogP contribution in [-0.2, 0) is 0 Å². The van der Waals surface area contributed by atoms with E-state index in [-0.39, 0.29) is 18.8 Å². The summed E-state index contributed by atoms with van der Waals surface area (Å²) >= 11 is 0. The fourth-order valence-electron chi connectivity index (χ4n) is 1.91. The van der Waals surface area contributed by atoms with Gasteiger partial charge in [0.15, 0.2) is 0 Å². The maximum absolute atomic E-state index is 11.9. The summed E-state index contributed by atoms with van der Waals surface area (Å²) in [5.74, 6) is 0.156. The minimum Gasteiger partial charge on any atom is -0.393 e. The maximum atomic E-state index is 11.9. The first kappa shape index (κ1) is 12.6. The summed E-state index contributed by atoms with van der Waals surface area (Å²) in [6, 6.07) is 0. The van der Waals surface area contributed by atoms with E-state index < -0.39 is 18.7 Å². The Hall–Kier alpha value is -0.510. The second kappa shape index (κ2) is 5.54. The predicted octanol–water partition coefficient (Wildman–Crippen LogP) is 3.44. The first-order valence-corrected chi connectivity index (χ1v) is 5.39. The molecule has 1 aliphatic carbocycles. The van der Waals surface area contributed by atoms with Gasteiger partial charge in [0.05, 0.1) is 6.10 Å². The van der Waals surface area contributed by atoms with Gasteiger partial charge in [-0.15, -0.1) is 0 Å². The Labute approximate surface area is 88.0 Å². The molecule has 0 spiro atoms. The number of hydrogen-bond donors (Lipinski definition) is 1. The number of rotatable bonds is 4. The monoisotopic (exact) mass is 222 g/mol. The summed E-state index contributed by atoms with van der Waals surface area (Å²) in [7, 11) is 0. The molecular weight excluding hydrogens is 205 g/mol. The summed E-state index contributed by atoms with van der Waals surface area (Å²) in [6.45, 7) is 0. The number of halogens is 3. The molecule has 1 nitrogen and oxygen atoms in total. The molecule has 2 atom stereocenters. The third kappa shape index (κ3) is 5.21. The summed E-state index contributed by atoms with van der Waals surface area (Å²) in [5, 5.41) is 9.67. The Kier molecular flexibility index (Phi) is 4.64. The average molecular weight is 222 g/mol. The number of allylic oxidation sites excluding steroid dienone is 2. The Morgan fingerprint density at radius 2 is 2.07 bits per heavy atom. The number of aliphatic hydroxyl groups excluding tert-OH is 1. The van der Waals surface area contributed by atoms with Gasteiger partial charge in [0.1, 0.15) is 0 Å². The van der Waals surface area contributed by atoms with Crippen molar-refractivity contribution in [2.75, 3.05) is 0 Å². The van der Waals surface area contributed by atoms with Crippen molar-refractivity contribution < 1.29 is 18.3 Å². The SMILES string of the molecule is OC(CCCC(F)(F)F)C1CC=CCC1. The van der Waals surface area contributed by atoms with Gasteiger partial charge in [-0.05, 0) is 38.0 Å². The molecule has 0 aromatic rings. The molecular formula is C11H17F3O. The topological polar surface area (TPSA) is 20.2 Å². The zero-order valence-electron chi connectivity index (χ0n) is 8.63. The van der Waals surface area contributed by atoms with Crippen molar-refractivity contribution in [3.05, 3.63) is 12.2 Å². The van der Waals surface area contributed by atoms with Gasteiger partial charge < -0.3 is 5.11 Å². The van der Waals surface area contributed by atoms with E-state index in [0.29, 0.717) is 0 Å². The molecule has 0 amide bonds. The highest BCUT2D eigenvalue weighted by molar-refractivity contribution is 4.92. The third-order valence-corrected chi connectivity index (χ3v) is 2.81. The molecule has 1 N–H and O–H groups in total. The molecule has 0 bridgehead atoms. The Morgan fingerprint density at radius 1 is 1.33 bits per heavy atom. The summed E-state index contributed by atoms with van der Waals surface area (Å²) in [5.41, 5.74) is 0. The molecule has 0 heterocycles. The van der Waals surface area contributed by atoms with E-state index in [2.05, 4.69) is 6.08 Å². The van der Waals surface area contributed by atoms with Crippen LogP contribution in [0.1, 0.15) is 38.5 Å². The Morgan fingerprint density at radius 3 is 2.60 bits per heavy atom. The first-order valence-electron chi connectivity index (χ1n) is 5.39. The van der Waals surface area contributed by atoms with Crippen molar-refractivity contribution >= 4 is 0 Å². The van der Waals surface area contributed by atoms with Crippen molar-refractivity contribution in [3.63, 3.8) is 0 Å². The molecule has 0 saturated heterocycles. The maximum Gasteiger partial charge on any atom is 0.389 e. The zero-order chi connectivity index (χ0) is 11.3. The van der Waals surface area contributed by atoms with Crippen LogP contribution in [0, 0.1) is 5.92 Å². The Bertz CT molecular complexity index is 210. The van der Waals surface area contributed by atoms with Gasteiger partial charge in [0, 0.05) is 6.42 Å². The molecule has 4 heteroatoms. The van der Waals surface area contributed by atoms with Gasteiger partial charge in [0.25, 0.3) is 0 Å². The first-order chi connectivity index (χ1) is 6.99. The predicted molar refractivity (Wildman–Crippen MR) is 52.4 cm³/mol. The van der Waals surface area contributed by atoms with Crippen molar-refractivity contribution in [1.82, 2.24) is 0 Å². The second-order valence-corrected chi connectivity index (χ2v) is 4.12. The smallest absolute Gasteiger partial charge is 0.389 e. The summed E-state index contributed by atoms with van der Waals surface area (Å²) < 4.78 is 35.6. The summed E-state index contributed by atoms with van der Waals surface area (Å²) in [6.07, 6.45) is 1.52. The molecule has 0 aliphatic heterocycles. The molecule has 1 rings (SSSR count). The molecule has 2 unspecified atom stereocenters. The van der Waals surface area contributed by atoms with Crippen LogP contribution in [0.25, 0.3) is 0 Å². The molecule has 0 saturated carbocycles. The van der Waals surface area contributed by atoms with E-state index in [9.17, 15) is 18.3 Å². The lowest BCUT2D eigenvalue weighted by atomic mass is 9.87. The fourth-order valence-corrected chi connectivity index (χ4v) is 1.91. The van der Waals surface area contributed by atoms with Crippen LogP contribution in [0.2, 0.25) is 0 Å². The molecule has 0 fully saturated rings. The van der Waals surface area contributed by atoms with Crippen LogP contribution < -0.4 is 0 Å². The highest BCUT2D eigenvalue weighted by atomic mass is 19.4. The van der Waals surface area contributed by atoms with Crippen LogP contribution in [-0.4, -0.2) is 17.4 Å². The lowest BCUT2D eigenvalue weighted by molar-refractivity contribution is -0.136. The standard InChI is InChI=1S/C11H17F3O/c12-11(13,14)8-4-7-10(15)9-5-2-1-3-6-9/h1-2,9-10,15H,3-8H2. The lowest BCUT2D eigenvalue weighted by Gasteiger charge is -2.23. The average Bonchev–Trinajstić information content (AvgIpc) is 2.17. The van der Waals surface area contributed by atoms with Gasteiger partial charge in [-0.1, -0.05) is 12.2 Å².